The minimum absolute atomic E-state index is 0.000407. The number of furan rings is 1. The van der Waals surface area contributed by atoms with E-state index >= 15 is 0 Å². The van der Waals surface area contributed by atoms with Gasteiger partial charge in [-0.1, -0.05) is 190 Å². The quantitative estimate of drug-likeness (QED) is 0.160. The van der Waals surface area contributed by atoms with E-state index in [1.165, 1.54) is 81.9 Å². The molecule has 8 aromatic carbocycles. The number of benzene rings is 8. The first-order valence-electron chi connectivity index (χ1n) is 29.2. The van der Waals surface area contributed by atoms with Crippen molar-refractivity contribution >= 4 is 117 Å². The van der Waals surface area contributed by atoms with Gasteiger partial charge in [-0.3, -0.25) is 0 Å². The topological polar surface area (TPSA) is 22.9 Å². The van der Waals surface area contributed by atoms with Gasteiger partial charge in [-0.2, -0.15) is 0 Å². The molecule has 0 amide bonds. The molecular weight excluding hydrogens is 990 g/mol. The van der Waals surface area contributed by atoms with Crippen molar-refractivity contribution in [2.24, 2.45) is 0 Å². The van der Waals surface area contributed by atoms with E-state index in [-0.39, 0.29) is 39.2 Å². The summed E-state index contributed by atoms with van der Waals surface area (Å²) >= 11 is 1.98. The highest BCUT2D eigenvalue weighted by Crippen LogP contribution is 2.55. The fourth-order valence-corrected chi connectivity index (χ4v) is 14.6. The minimum Gasteiger partial charge on any atom is -0.454 e. The van der Waals surface area contributed by atoms with Crippen LogP contribution >= 0.6 is 11.3 Å². The van der Waals surface area contributed by atoms with Gasteiger partial charge in [0.1, 0.15) is 5.58 Å². The predicted molar refractivity (Wildman–Crippen MR) is 348 cm³/mol. The second-order valence-electron chi connectivity index (χ2n) is 29.0. The molecule has 4 nitrogen and oxygen atoms in total. The molecular formula is C74H78BN3OS. The lowest BCUT2D eigenvalue weighted by Crippen LogP contribution is -2.60. The Bertz CT molecular complexity index is 4070. The number of thiophene rings is 1. The van der Waals surface area contributed by atoms with E-state index in [0.29, 0.717) is 0 Å². The van der Waals surface area contributed by atoms with Gasteiger partial charge in [-0.05, 0) is 169 Å². The lowest BCUT2D eigenvalue weighted by atomic mass is 9.36. The molecule has 0 N–H and O–H groups in total. The molecule has 404 valence electrons. The molecule has 1 aliphatic carbocycles. The Kier molecular flexibility index (Phi) is 11.6. The van der Waals surface area contributed by atoms with Gasteiger partial charge >= 0.3 is 0 Å². The van der Waals surface area contributed by atoms with Crippen LogP contribution in [0.1, 0.15) is 157 Å². The summed E-state index contributed by atoms with van der Waals surface area (Å²) < 4.78 is 9.80. The summed E-state index contributed by atoms with van der Waals surface area (Å²) in [5.74, 6) is 0. The van der Waals surface area contributed by atoms with Crippen molar-refractivity contribution in [1.82, 2.24) is 0 Å². The first-order chi connectivity index (χ1) is 37.7. The molecule has 0 radical (unpaired) electrons. The van der Waals surface area contributed by atoms with Crippen LogP contribution in [-0.2, 0) is 32.5 Å². The molecule has 0 saturated heterocycles. The lowest BCUT2D eigenvalue weighted by Gasteiger charge is -2.45. The van der Waals surface area contributed by atoms with Crippen molar-refractivity contribution in [1.29, 1.82) is 0 Å². The maximum Gasteiger partial charge on any atom is 0.264 e. The van der Waals surface area contributed by atoms with E-state index in [2.05, 4.69) is 283 Å². The highest BCUT2D eigenvalue weighted by Gasteiger charge is 2.47. The van der Waals surface area contributed by atoms with Crippen LogP contribution in [0, 0.1) is 0 Å². The summed E-state index contributed by atoms with van der Waals surface area (Å²) in [5, 5.41) is 3.54. The van der Waals surface area contributed by atoms with Gasteiger partial charge in [0.05, 0.1) is 17.1 Å². The molecule has 10 aromatic rings. The normalized spacial score (nSPS) is 15.8. The number of hydrogen-bond acceptors (Lipinski definition) is 5. The third kappa shape index (κ3) is 8.36. The van der Waals surface area contributed by atoms with Crippen molar-refractivity contribution in [3.8, 4) is 0 Å². The van der Waals surface area contributed by atoms with Crippen molar-refractivity contribution in [2.45, 2.75) is 156 Å². The third-order valence-corrected chi connectivity index (χ3v) is 19.6. The maximum absolute atomic E-state index is 7.11. The molecule has 2 aliphatic heterocycles. The molecule has 3 aliphatic rings. The van der Waals surface area contributed by atoms with E-state index in [9.17, 15) is 0 Å². The number of anilines is 9. The predicted octanol–water partition coefficient (Wildman–Crippen LogP) is 19.9. The Morgan fingerprint density at radius 1 is 0.463 bits per heavy atom. The summed E-state index contributed by atoms with van der Waals surface area (Å²) in [4.78, 5) is 7.81. The Morgan fingerprint density at radius 2 is 1.01 bits per heavy atom. The number of hydrogen-bond donors (Lipinski definition) is 0. The molecule has 0 atom stereocenters. The van der Waals surface area contributed by atoms with Crippen LogP contribution in [0.25, 0.3) is 32.0 Å². The van der Waals surface area contributed by atoms with Gasteiger partial charge in [0.2, 0.25) is 0 Å². The number of para-hydroxylation sites is 2. The Morgan fingerprint density at radius 3 is 1.64 bits per heavy atom. The molecule has 2 aromatic heterocycles. The summed E-state index contributed by atoms with van der Waals surface area (Å²) in [5.41, 5.74) is 22.8. The van der Waals surface area contributed by atoms with Gasteiger partial charge in [-0.25, -0.2) is 0 Å². The van der Waals surface area contributed by atoms with E-state index in [0.717, 1.165) is 63.2 Å². The second-order valence-corrected chi connectivity index (χ2v) is 30.1. The van der Waals surface area contributed by atoms with Gasteiger partial charge in [0.15, 0.2) is 5.58 Å². The highest BCUT2D eigenvalue weighted by atomic mass is 32.1. The first kappa shape index (κ1) is 52.4. The average molecular weight is 1070 g/mol. The fourth-order valence-electron chi connectivity index (χ4n) is 13.3. The van der Waals surface area contributed by atoms with E-state index in [1.54, 1.807) is 0 Å². The zero-order valence-corrected chi connectivity index (χ0v) is 51.0. The lowest BCUT2D eigenvalue weighted by molar-refractivity contribution is 0.332. The zero-order chi connectivity index (χ0) is 56.4. The van der Waals surface area contributed by atoms with Gasteiger partial charge in [0, 0.05) is 59.8 Å². The maximum atomic E-state index is 7.11. The molecule has 0 saturated carbocycles. The average Bonchev–Trinajstić information content (AvgIpc) is 4.09. The van der Waals surface area contributed by atoms with Crippen LogP contribution in [0.4, 0.5) is 51.2 Å². The van der Waals surface area contributed by atoms with Crippen molar-refractivity contribution in [3.63, 3.8) is 0 Å². The minimum atomic E-state index is -0.112. The van der Waals surface area contributed by atoms with E-state index in [4.69, 9.17) is 4.42 Å². The largest absolute Gasteiger partial charge is 0.454 e. The smallest absolute Gasteiger partial charge is 0.264 e. The SMILES string of the molecule is CC(C)(C)c1ccc(N(c2ccc(C(C)(C)C)cc2)c2cc3c4c(c2)N(c2cccc5c2oc2ccccc25)c2cc(C(C)(C)C)ccc2B4c2sc4ccc(C(C)(C)C)cc4c2N3c2ccc3c(c2)C(C)(C)CCC3(C)C)cc1. The van der Waals surface area contributed by atoms with Crippen molar-refractivity contribution < 1.29 is 4.42 Å². The summed E-state index contributed by atoms with van der Waals surface area (Å²) in [6.07, 6.45) is 2.30. The Hall–Kier alpha value is -7.02. The van der Waals surface area contributed by atoms with Gasteiger partial charge in [-0.15, -0.1) is 11.3 Å². The highest BCUT2D eigenvalue weighted by molar-refractivity contribution is 7.33. The molecule has 4 heterocycles. The third-order valence-electron chi connectivity index (χ3n) is 18.3. The van der Waals surface area contributed by atoms with Crippen LogP contribution in [0.3, 0.4) is 0 Å². The fraction of sp³-hybridized carbons (Fsp3) is 0.324. The van der Waals surface area contributed by atoms with Crippen LogP contribution < -0.4 is 30.4 Å². The standard InChI is InChI=1S/C74H78BN3OS/c1-69(2,3)45-24-30-49(31-25-45)76(50-32-26-46(27-33-50)70(4,5)6)52-43-61-65-62(44-52)78(59-22-19-21-54-53-20-17-18-23-63(53)79-67(54)59)60-41-48(72(10,11)12)28-36-58(60)75(65)68-66(55-40-47(71(7,8)9)29-37-64(55)80-68)77(61)51-34-35-56-57(42-51)74(15,16)39-38-73(56,13)14/h17-37,40-44H,38-39H2,1-16H3. The summed E-state index contributed by atoms with van der Waals surface area (Å²) in [7, 11) is 0. The second kappa shape index (κ2) is 17.7. The number of fused-ring (bicyclic) bond motifs is 10. The van der Waals surface area contributed by atoms with Crippen LogP contribution in [0.2, 0.25) is 0 Å². The molecule has 0 spiro atoms. The van der Waals surface area contributed by atoms with Crippen LogP contribution in [0.15, 0.2) is 162 Å². The first-order valence-corrected chi connectivity index (χ1v) is 30.1. The summed E-state index contributed by atoms with van der Waals surface area (Å²) in [6, 6.07) is 61.3. The monoisotopic (exact) mass is 1070 g/mol. The van der Waals surface area contributed by atoms with Gasteiger partial charge < -0.3 is 19.1 Å². The Balaban J connectivity index is 1.20. The van der Waals surface area contributed by atoms with E-state index in [1.807, 2.05) is 11.3 Å². The van der Waals surface area contributed by atoms with Crippen molar-refractivity contribution in [3.05, 3.63) is 191 Å². The van der Waals surface area contributed by atoms with Crippen molar-refractivity contribution in [2.75, 3.05) is 14.7 Å². The molecule has 0 unspecified atom stereocenters. The van der Waals surface area contributed by atoms with E-state index < -0.39 is 0 Å². The summed E-state index contributed by atoms with van der Waals surface area (Å²) in [6.45, 7) is 37.7. The number of rotatable bonds is 5. The van der Waals surface area contributed by atoms with Gasteiger partial charge in [0.25, 0.3) is 6.71 Å². The van der Waals surface area contributed by atoms with Crippen LogP contribution in [-0.4, -0.2) is 6.71 Å². The molecule has 13 rings (SSSR count). The molecule has 6 heteroatoms. The number of nitrogens with zero attached hydrogens (tertiary/aromatic N) is 3. The van der Waals surface area contributed by atoms with Crippen LogP contribution in [0.5, 0.6) is 0 Å². The Labute approximate surface area is 480 Å². The molecule has 0 fully saturated rings. The zero-order valence-electron chi connectivity index (χ0n) is 50.2. The molecule has 0 bridgehead atoms. The molecule has 80 heavy (non-hydrogen) atoms.